The highest BCUT2D eigenvalue weighted by molar-refractivity contribution is 7.98. The minimum atomic E-state index is -0.512. The van der Waals surface area contributed by atoms with Gasteiger partial charge in [0.15, 0.2) is 5.58 Å². The maximum absolute atomic E-state index is 12.4. The van der Waals surface area contributed by atoms with Crippen LogP contribution < -0.4 is 11.1 Å². The summed E-state index contributed by atoms with van der Waals surface area (Å²) >= 11 is 1.59. The topological polar surface area (TPSA) is 75.1 Å². The number of aromatic nitrogens is 1. The fourth-order valence-corrected chi connectivity index (χ4v) is 2.64. The number of hydrogen-bond acceptors (Lipinski definition) is 4. The molecule has 0 aliphatic rings. The van der Waals surface area contributed by atoms with Gasteiger partial charge in [0.25, 0.3) is 5.91 Å². The largest absolute Gasteiger partial charge is 0.417 e. The Hall–Kier alpha value is -2.47. The van der Waals surface area contributed by atoms with E-state index in [4.69, 9.17) is 4.42 Å². The standard InChI is InChI=1S/C16H14N2O3S/c1-9-3-5-11(22-2)8-12(9)15(19)17-10-4-6-14-13(7-10)18-16(20)21-14/h3-8H,1-2H3,(H,17,19)(H,18,20). The molecule has 3 aromatic rings. The molecule has 22 heavy (non-hydrogen) atoms. The number of thioether (sulfide) groups is 1. The van der Waals surface area contributed by atoms with Crippen molar-refractivity contribution >= 4 is 34.5 Å². The van der Waals surface area contributed by atoms with Crippen LogP contribution in [0, 0.1) is 6.92 Å². The van der Waals surface area contributed by atoms with Crippen molar-refractivity contribution in [2.45, 2.75) is 11.8 Å². The van der Waals surface area contributed by atoms with Crippen molar-refractivity contribution in [3.05, 3.63) is 58.1 Å². The lowest BCUT2D eigenvalue weighted by atomic mass is 10.1. The second-order valence-corrected chi connectivity index (χ2v) is 5.74. The van der Waals surface area contributed by atoms with Gasteiger partial charge in [0.1, 0.15) is 0 Å². The number of hydrogen-bond donors (Lipinski definition) is 2. The van der Waals surface area contributed by atoms with Crippen LogP contribution in [0.25, 0.3) is 11.1 Å². The normalized spacial score (nSPS) is 10.8. The van der Waals surface area contributed by atoms with Crippen molar-refractivity contribution in [1.29, 1.82) is 0 Å². The number of nitrogens with one attached hydrogen (secondary N) is 2. The molecular formula is C16H14N2O3S. The number of rotatable bonds is 3. The van der Waals surface area contributed by atoms with E-state index in [9.17, 15) is 9.59 Å². The third-order valence-electron chi connectivity index (χ3n) is 3.37. The number of carbonyl (C=O) groups is 1. The van der Waals surface area contributed by atoms with Crippen molar-refractivity contribution in [3.63, 3.8) is 0 Å². The summed E-state index contributed by atoms with van der Waals surface area (Å²) in [6.07, 6.45) is 1.97. The van der Waals surface area contributed by atoms with Gasteiger partial charge >= 0.3 is 5.76 Å². The Labute approximate surface area is 130 Å². The summed E-state index contributed by atoms with van der Waals surface area (Å²) in [5.41, 5.74) is 3.16. The second-order valence-electron chi connectivity index (χ2n) is 4.86. The van der Waals surface area contributed by atoms with E-state index in [1.165, 1.54) is 0 Å². The molecule has 1 heterocycles. The summed E-state index contributed by atoms with van der Waals surface area (Å²) in [5, 5.41) is 2.84. The average molecular weight is 314 g/mol. The fourth-order valence-electron chi connectivity index (χ4n) is 2.20. The maximum atomic E-state index is 12.4. The van der Waals surface area contributed by atoms with Crippen LogP contribution in [0.3, 0.4) is 0 Å². The molecule has 1 aromatic heterocycles. The number of anilines is 1. The lowest BCUT2D eigenvalue weighted by Gasteiger charge is -2.09. The van der Waals surface area contributed by atoms with Gasteiger partial charge < -0.3 is 9.73 Å². The van der Waals surface area contributed by atoms with Gasteiger partial charge in [-0.05, 0) is 49.1 Å². The van der Waals surface area contributed by atoms with E-state index in [0.29, 0.717) is 22.4 Å². The van der Waals surface area contributed by atoms with Crippen LogP contribution in [0.5, 0.6) is 0 Å². The van der Waals surface area contributed by atoms with E-state index < -0.39 is 5.76 Å². The molecule has 0 atom stereocenters. The van der Waals surface area contributed by atoms with Gasteiger partial charge in [-0.25, -0.2) is 4.79 Å². The SMILES string of the molecule is CSc1ccc(C)c(C(=O)Nc2ccc3oc(=O)[nH]c3c2)c1. The fraction of sp³-hybridized carbons (Fsp3) is 0.125. The van der Waals surface area contributed by atoms with Crippen LogP contribution in [-0.2, 0) is 0 Å². The third kappa shape index (κ3) is 2.78. The molecule has 0 radical (unpaired) electrons. The quantitative estimate of drug-likeness (QED) is 0.727. The molecule has 0 saturated carbocycles. The molecule has 0 aliphatic heterocycles. The first kappa shape index (κ1) is 14.5. The summed E-state index contributed by atoms with van der Waals surface area (Å²) in [6.45, 7) is 1.90. The third-order valence-corrected chi connectivity index (χ3v) is 4.09. The Kier molecular flexibility index (Phi) is 3.77. The van der Waals surface area contributed by atoms with Crippen molar-refractivity contribution in [3.8, 4) is 0 Å². The number of amides is 1. The van der Waals surface area contributed by atoms with Crippen molar-refractivity contribution in [1.82, 2.24) is 4.98 Å². The molecule has 0 saturated heterocycles. The molecule has 3 rings (SSSR count). The average Bonchev–Trinajstić information content (AvgIpc) is 2.87. The first-order chi connectivity index (χ1) is 10.6. The van der Waals surface area contributed by atoms with Gasteiger partial charge in [-0.15, -0.1) is 11.8 Å². The van der Waals surface area contributed by atoms with Crippen LogP contribution >= 0.6 is 11.8 Å². The highest BCUT2D eigenvalue weighted by Gasteiger charge is 2.11. The molecule has 0 unspecified atom stereocenters. The van der Waals surface area contributed by atoms with Crippen LogP contribution in [0.1, 0.15) is 15.9 Å². The molecule has 2 aromatic carbocycles. The summed E-state index contributed by atoms with van der Waals surface area (Å²) < 4.78 is 4.94. The minimum absolute atomic E-state index is 0.182. The highest BCUT2D eigenvalue weighted by atomic mass is 32.2. The van der Waals surface area contributed by atoms with E-state index in [2.05, 4.69) is 10.3 Å². The summed E-state index contributed by atoms with van der Waals surface area (Å²) in [4.78, 5) is 27.2. The van der Waals surface area contributed by atoms with Crippen molar-refractivity contribution in [2.24, 2.45) is 0 Å². The van der Waals surface area contributed by atoms with Gasteiger partial charge in [-0.3, -0.25) is 9.78 Å². The molecule has 112 valence electrons. The summed E-state index contributed by atoms with van der Waals surface area (Å²) in [6, 6.07) is 10.8. The number of carbonyl (C=O) groups excluding carboxylic acids is 1. The Bertz CT molecular complexity index is 911. The Morgan fingerprint density at radius 2 is 2.05 bits per heavy atom. The second kappa shape index (κ2) is 5.73. The zero-order chi connectivity index (χ0) is 15.7. The number of aryl methyl sites for hydroxylation is 1. The zero-order valence-corrected chi connectivity index (χ0v) is 12.9. The molecule has 2 N–H and O–H groups in total. The molecule has 0 fully saturated rings. The number of benzene rings is 2. The van der Waals surface area contributed by atoms with Gasteiger partial charge in [0.2, 0.25) is 0 Å². The molecule has 5 nitrogen and oxygen atoms in total. The predicted molar refractivity (Wildman–Crippen MR) is 87.7 cm³/mol. The van der Waals surface area contributed by atoms with Crippen LogP contribution in [0.15, 0.2) is 50.5 Å². The van der Waals surface area contributed by atoms with Crippen LogP contribution in [0.4, 0.5) is 5.69 Å². The molecular weight excluding hydrogens is 300 g/mol. The summed E-state index contributed by atoms with van der Waals surface area (Å²) in [7, 11) is 0. The van der Waals surface area contributed by atoms with E-state index in [0.717, 1.165) is 10.5 Å². The molecule has 0 aliphatic carbocycles. The Morgan fingerprint density at radius 1 is 1.23 bits per heavy atom. The van der Waals surface area contributed by atoms with E-state index in [1.54, 1.807) is 30.0 Å². The highest BCUT2D eigenvalue weighted by Crippen LogP contribution is 2.21. The number of aromatic amines is 1. The van der Waals surface area contributed by atoms with Crippen molar-refractivity contribution in [2.75, 3.05) is 11.6 Å². The zero-order valence-electron chi connectivity index (χ0n) is 12.1. The Balaban J connectivity index is 1.90. The molecule has 1 amide bonds. The lowest BCUT2D eigenvalue weighted by molar-refractivity contribution is 0.102. The number of oxazole rings is 1. The van der Waals surface area contributed by atoms with Crippen LogP contribution in [0.2, 0.25) is 0 Å². The first-order valence-corrected chi connectivity index (χ1v) is 7.88. The molecule has 0 bridgehead atoms. The van der Waals surface area contributed by atoms with E-state index in [-0.39, 0.29) is 5.91 Å². The van der Waals surface area contributed by atoms with E-state index in [1.807, 2.05) is 31.4 Å². The number of H-pyrrole nitrogens is 1. The first-order valence-electron chi connectivity index (χ1n) is 6.65. The van der Waals surface area contributed by atoms with Gasteiger partial charge in [0, 0.05) is 16.1 Å². The smallest absolute Gasteiger partial charge is 0.408 e. The Morgan fingerprint density at radius 3 is 2.82 bits per heavy atom. The van der Waals surface area contributed by atoms with Gasteiger partial charge in [0.05, 0.1) is 5.52 Å². The van der Waals surface area contributed by atoms with Crippen molar-refractivity contribution < 1.29 is 9.21 Å². The van der Waals surface area contributed by atoms with Gasteiger partial charge in [-0.1, -0.05) is 6.07 Å². The van der Waals surface area contributed by atoms with Gasteiger partial charge in [-0.2, -0.15) is 0 Å². The number of fused-ring (bicyclic) bond motifs is 1. The van der Waals surface area contributed by atoms with E-state index >= 15 is 0 Å². The monoisotopic (exact) mass is 314 g/mol. The molecule has 6 heteroatoms. The van der Waals surface area contributed by atoms with Crippen LogP contribution in [-0.4, -0.2) is 17.1 Å². The summed E-state index contributed by atoms with van der Waals surface area (Å²) in [5.74, 6) is -0.694. The lowest BCUT2D eigenvalue weighted by Crippen LogP contribution is -2.13. The minimum Gasteiger partial charge on any atom is -0.408 e. The molecule has 0 spiro atoms. The predicted octanol–water partition coefficient (Wildman–Crippen LogP) is 3.40. The maximum Gasteiger partial charge on any atom is 0.417 e.